The number of carbonyl (C=O) groups is 2. The zero-order chi connectivity index (χ0) is 21.0. The Kier molecular flexibility index (Phi) is 7.02. The summed E-state index contributed by atoms with van der Waals surface area (Å²) in [7, 11) is 0. The maximum Gasteiger partial charge on any atom is 0.258 e. The van der Waals surface area contributed by atoms with Gasteiger partial charge in [0.05, 0.1) is 28.1 Å². The molecule has 1 saturated carbocycles. The van der Waals surface area contributed by atoms with Gasteiger partial charge in [0.1, 0.15) is 12.0 Å². The molecule has 2 aromatic rings. The highest BCUT2D eigenvalue weighted by molar-refractivity contribution is 6.40. The van der Waals surface area contributed by atoms with Crippen LogP contribution in [-0.4, -0.2) is 41.2 Å². The van der Waals surface area contributed by atoms with E-state index in [9.17, 15) is 14.0 Å². The second kappa shape index (κ2) is 9.49. The van der Waals surface area contributed by atoms with Gasteiger partial charge in [-0.1, -0.05) is 23.2 Å². The third kappa shape index (κ3) is 5.63. The fourth-order valence-corrected chi connectivity index (χ4v) is 3.38. The molecule has 1 heterocycles. The van der Waals surface area contributed by atoms with Gasteiger partial charge in [0.15, 0.2) is 0 Å². The van der Waals surface area contributed by atoms with Crippen molar-refractivity contribution in [3.63, 3.8) is 0 Å². The maximum absolute atomic E-state index is 13.0. The summed E-state index contributed by atoms with van der Waals surface area (Å²) < 4.78 is 13.0. The molecule has 0 aliphatic heterocycles. The number of hydrogen-bond acceptors (Lipinski definition) is 5. The number of nitrogens with one attached hydrogen (secondary N) is 3. The van der Waals surface area contributed by atoms with Crippen molar-refractivity contribution in [2.45, 2.75) is 19.1 Å². The Morgan fingerprint density at radius 3 is 2.52 bits per heavy atom. The van der Waals surface area contributed by atoms with Crippen LogP contribution in [0.1, 0.15) is 22.3 Å². The van der Waals surface area contributed by atoms with Gasteiger partial charge in [-0.15, -0.1) is 0 Å². The van der Waals surface area contributed by atoms with Crippen LogP contribution in [0.15, 0.2) is 30.5 Å². The third-order valence-corrected chi connectivity index (χ3v) is 4.86. The molecule has 7 nitrogen and oxygen atoms in total. The van der Waals surface area contributed by atoms with E-state index in [1.54, 1.807) is 12.1 Å². The molecule has 154 valence electrons. The van der Waals surface area contributed by atoms with Crippen molar-refractivity contribution in [1.82, 2.24) is 10.3 Å². The van der Waals surface area contributed by atoms with Crippen LogP contribution in [0.2, 0.25) is 10.0 Å². The van der Waals surface area contributed by atoms with E-state index >= 15 is 0 Å². The Hall–Kier alpha value is -2.26. The predicted molar refractivity (Wildman–Crippen MR) is 109 cm³/mol. The van der Waals surface area contributed by atoms with Crippen LogP contribution >= 0.6 is 23.2 Å². The van der Waals surface area contributed by atoms with E-state index in [4.69, 9.17) is 28.3 Å². The Labute approximate surface area is 176 Å². The molecule has 2 atom stereocenters. The van der Waals surface area contributed by atoms with Gasteiger partial charge in [-0.2, -0.15) is 0 Å². The van der Waals surface area contributed by atoms with Gasteiger partial charge in [-0.3, -0.25) is 9.59 Å². The highest BCUT2D eigenvalue weighted by atomic mass is 35.5. The van der Waals surface area contributed by atoms with Crippen LogP contribution in [0.25, 0.3) is 0 Å². The van der Waals surface area contributed by atoms with Crippen molar-refractivity contribution in [2.24, 2.45) is 5.92 Å². The number of anilines is 2. The average molecular weight is 441 g/mol. The highest BCUT2D eigenvalue weighted by Crippen LogP contribution is 2.34. The molecule has 1 aliphatic carbocycles. The molecule has 1 aromatic carbocycles. The smallest absolute Gasteiger partial charge is 0.258 e. The second-order valence-electron chi connectivity index (χ2n) is 6.57. The number of nitrogens with zero attached hydrogens (tertiary/aromatic N) is 1. The van der Waals surface area contributed by atoms with E-state index in [1.165, 1.54) is 18.3 Å². The number of aliphatic hydroxyl groups is 1. The van der Waals surface area contributed by atoms with Gasteiger partial charge >= 0.3 is 0 Å². The number of amides is 2. The minimum absolute atomic E-state index is 0.00530. The predicted octanol–water partition coefficient (Wildman–Crippen LogP) is 3.02. The molecule has 1 aliphatic rings. The van der Waals surface area contributed by atoms with E-state index in [0.29, 0.717) is 18.8 Å². The summed E-state index contributed by atoms with van der Waals surface area (Å²) >= 11 is 12.5. The number of benzene rings is 1. The number of rotatable bonds is 8. The molecule has 29 heavy (non-hydrogen) atoms. The lowest BCUT2D eigenvalue weighted by molar-refractivity contribution is -0.117. The first-order valence-corrected chi connectivity index (χ1v) is 9.66. The van der Waals surface area contributed by atoms with Crippen molar-refractivity contribution in [3.05, 3.63) is 51.6 Å². The fraction of sp³-hybridized carbons (Fsp3) is 0.316. The summed E-state index contributed by atoms with van der Waals surface area (Å²) in [6.07, 6.45) is 0.513. The van der Waals surface area contributed by atoms with Crippen molar-refractivity contribution in [2.75, 3.05) is 23.8 Å². The largest absolute Gasteiger partial charge is 0.395 e. The summed E-state index contributed by atoms with van der Waals surface area (Å²) in [6, 6.07) is 6.24. The number of alkyl halides is 1. The first kappa shape index (κ1) is 21.4. The second-order valence-corrected chi connectivity index (χ2v) is 7.38. The molecule has 1 aromatic heterocycles. The lowest BCUT2D eigenvalue weighted by atomic mass is 10.1. The SMILES string of the molecule is O=C(Nc1ccnc(NC(=O)[C@@H]2C[C@@H]2F)c1)c1c(Cl)cc(CNCCO)cc1Cl. The molecule has 1 fully saturated rings. The van der Waals surface area contributed by atoms with Crippen LogP contribution in [0.5, 0.6) is 0 Å². The number of carbonyl (C=O) groups excluding carboxylic acids is 2. The third-order valence-electron chi connectivity index (χ3n) is 4.27. The normalized spacial score (nSPS) is 17.7. The summed E-state index contributed by atoms with van der Waals surface area (Å²) in [6.45, 7) is 0.868. The minimum atomic E-state index is -1.11. The lowest BCUT2D eigenvalue weighted by Gasteiger charge is -2.12. The van der Waals surface area contributed by atoms with Gasteiger partial charge in [0.25, 0.3) is 5.91 Å². The molecule has 0 unspecified atom stereocenters. The van der Waals surface area contributed by atoms with E-state index < -0.39 is 23.9 Å². The molecule has 3 rings (SSSR count). The molecule has 2 amide bonds. The number of hydrogen-bond donors (Lipinski definition) is 4. The van der Waals surface area contributed by atoms with E-state index in [2.05, 4.69) is 20.9 Å². The van der Waals surface area contributed by atoms with Crippen LogP contribution in [0.3, 0.4) is 0 Å². The van der Waals surface area contributed by atoms with Gasteiger partial charge in [-0.05, 0) is 30.2 Å². The molecule has 0 spiro atoms. The number of aliphatic hydroxyl groups excluding tert-OH is 1. The fourth-order valence-electron chi connectivity index (χ4n) is 2.68. The van der Waals surface area contributed by atoms with Crippen LogP contribution in [0.4, 0.5) is 15.9 Å². The Bertz CT molecular complexity index is 905. The topological polar surface area (TPSA) is 103 Å². The zero-order valence-electron chi connectivity index (χ0n) is 15.2. The Balaban J connectivity index is 1.68. The quantitative estimate of drug-likeness (QED) is 0.472. The number of halogens is 3. The van der Waals surface area contributed by atoms with E-state index in [-0.39, 0.29) is 34.5 Å². The first-order valence-electron chi connectivity index (χ1n) is 8.91. The zero-order valence-corrected chi connectivity index (χ0v) is 16.7. The van der Waals surface area contributed by atoms with Crippen LogP contribution < -0.4 is 16.0 Å². The average Bonchev–Trinajstić information content (AvgIpc) is 3.38. The summed E-state index contributed by atoms with van der Waals surface area (Å²) in [5.74, 6) is -1.40. The minimum Gasteiger partial charge on any atom is -0.395 e. The summed E-state index contributed by atoms with van der Waals surface area (Å²) in [5.41, 5.74) is 1.25. The molecule has 4 N–H and O–H groups in total. The highest BCUT2D eigenvalue weighted by Gasteiger charge is 2.43. The van der Waals surface area contributed by atoms with Crippen molar-refractivity contribution >= 4 is 46.5 Å². The molecule has 0 saturated heterocycles. The van der Waals surface area contributed by atoms with Gasteiger partial charge < -0.3 is 21.1 Å². The monoisotopic (exact) mass is 440 g/mol. The van der Waals surface area contributed by atoms with Crippen molar-refractivity contribution in [1.29, 1.82) is 0 Å². The summed E-state index contributed by atoms with van der Waals surface area (Å²) in [5, 5.41) is 17.4. The molecular weight excluding hydrogens is 422 g/mol. The van der Waals surface area contributed by atoms with Crippen molar-refractivity contribution in [3.8, 4) is 0 Å². The van der Waals surface area contributed by atoms with E-state index in [1.807, 2.05) is 0 Å². The molecular formula is C19H19Cl2FN4O3. The summed E-state index contributed by atoms with van der Waals surface area (Å²) in [4.78, 5) is 28.5. The van der Waals surface area contributed by atoms with E-state index in [0.717, 1.165) is 5.56 Å². The van der Waals surface area contributed by atoms with Gasteiger partial charge in [-0.25, -0.2) is 9.37 Å². The number of aromatic nitrogens is 1. The maximum atomic E-state index is 13.0. The molecule has 10 heteroatoms. The molecule has 0 bridgehead atoms. The van der Waals surface area contributed by atoms with Gasteiger partial charge in [0.2, 0.25) is 5.91 Å². The first-order chi connectivity index (χ1) is 13.9. The van der Waals surface area contributed by atoms with Crippen LogP contribution in [-0.2, 0) is 11.3 Å². The number of pyridine rings is 1. The Morgan fingerprint density at radius 2 is 1.90 bits per heavy atom. The standard InChI is InChI=1S/C19H19Cl2FN4O3/c20-13-5-10(9-23-3-4-27)6-14(21)17(13)19(29)25-11-1-2-24-16(7-11)26-18(28)12-8-15(12)22/h1-2,5-7,12,15,23,27H,3-4,8-9H2,(H2,24,25,26,28,29)/t12-,15+/m1/s1. The Morgan fingerprint density at radius 1 is 1.21 bits per heavy atom. The molecule has 0 radical (unpaired) electrons. The van der Waals surface area contributed by atoms with Gasteiger partial charge in [0, 0.05) is 31.0 Å². The lowest BCUT2D eigenvalue weighted by Crippen LogP contribution is -2.18. The van der Waals surface area contributed by atoms with Crippen molar-refractivity contribution < 1.29 is 19.1 Å². The van der Waals surface area contributed by atoms with Crippen LogP contribution in [0, 0.1) is 5.92 Å².